The highest BCUT2D eigenvalue weighted by Gasteiger charge is 2.55. The average Bonchev–Trinajstić information content (AvgIpc) is 3.00. The highest BCUT2D eigenvalue weighted by Crippen LogP contribution is 2.36. The number of unbranched alkanes of at least 4 members (excludes halogenated alkanes) is 1. The molecule has 9 heteroatoms. The summed E-state index contributed by atoms with van der Waals surface area (Å²) in [6.45, 7) is 4.75. The standard InChI is InChI=1S/C33H43ClFN3O4/c1-2-3-18-38-31(40)29(30(39)24-8-5-4-6-9-24)36-32(41)33(38)16-19-37(20-17-33)21-23-12-14-25(15-13-23)42-22-26-27(34)10-7-11-28(26)35/h7,10-15,24,29-30,39H,2-6,8-9,16-22H2,1H3,(H,36,41)/t29-,30-/m1/s1. The lowest BCUT2D eigenvalue weighted by Gasteiger charge is -2.52. The maximum atomic E-state index is 14.0. The van der Waals surface area contributed by atoms with Gasteiger partial charge < -0.3 is 20.1 Å². The van der Waals surface area contributed by atoms with Crippen LogP contribution in [0.25, 0.3) is 0 Å². The zero-order valence-electron chi connectivity index (χ0n) is 24.5. The van der Waals surface area contributed by atoms with Crippen LogP contribution in [0.15, 0.2) is 42.5 Å². The third-order valence-electron chi connectivity index (χ3n) is 9.43. The van der Waals surface area contributed by atoms with Crippen LogP contribution < -0.4 is 10.1 Å². The van der Waals surface area contributed by atoms with Crippen molar-refractivity contribution < 1.29 is 23.8 Å². The maximum Gasteiger partial charge on any atom is 0.248 e. The minimum Gasteiger partial charge on any atom is -0.489 e. The first-order valence-electron chi connectivity index (χ1n) is 15.5. The first-order chi connectivity index (χ1) is 20.3. The van der Waals surface area contributed by atoms with Crippen LogP contribution in [0.1, 0.15) is 75.8 Å². The lowest BCUT2D eigenvalue weighted by atomic mass is 9.78. The normalized spacial score (nSPS) is 22.3. The van der Waals surface area contributed by atoms with Crippen molar-refractivity contribution in [3.8, 4) is 5.75 Å². The van der Waals surface area contributed by atoms with E-state index >= 15 is 0 Å². The number of piperidine rings is 1. The van der Waals surface area contributed by atoms with Gasteiger partial charge in [0, 0.05) is 31.7 Å². The molecule has 2 atom stereocenters. The Morgan fingerprint density at radius 2 is 1.81 bits per heavy atom. The number of rotatable bonds is 10. The summed E-state index contributed by atoms with van der Waals surface area (Å²) in [5.74, 6) is 0.0612. The van der Waals surface area contributed by atoms with Gasteiger partial charge in [-0.05, 0) is 67.9 Å². The van der Waals surface area contributed by atoms with Crippen molar-refractivity contribution in [3.63, 3.8) is 0 Å². The van der Waals surface area contributed by atoms with Crippen LogP contribution in [-0.2, 0) is 22.7 Å². The maximum absolute atomic E-state index is 14.0. The van der Waals surface area contributed by atoms with Gasteiger partial charge in [-0.2, -0.15) is 0 Å². The van der Waals surface area contributed by atoms with Gasteiger partial charge in [-0.1, -0.05) is 62.4 Å². The van der Waals surface area contributed by atoms with Crippen LogP contribution in [0.3, 0.4) is 0 Å². The van der Waals surface area contributed by atoms with Crippen LogP contribution in [0.4, 0.5) is 4.39 Å². The van der Waals surface area contributed by atoms with Gasteiger partial charge in [0.25, 0.3) is 0 Å². The molecule has 2 N–H and O–H groups in total. The molecule has 2 aliphatic heterocycles. The number of amides is 2. The van der Waals surface area contributed by atoms with E-state index in [1.807, 2.05) is 29.2 Å². The molecule has 1 saturated carbocycles. The Kier molecular flexibility index (Phi) is 10.1. The molecule has 0 bridgehead atoms. The number of carbonyl (C=O) groups excluding carboxylic acids is 2. The quantitative estimate of drug-likeness (QED) is 0.379. The van der Waals surface area contributed by atoms with Gasteiger partial charge in [-0.15, -0.1) is 0 Å². The Balaban J connectivity index is 1.19. The number of halogens is 2. The molecular weight excluding hydrogens is 557 g/mol. The van der Waals surface area contributed by atoms with E-state index in [4.69, 9.17) is 16.3 Å². The molecule has 1 aliphatic carbocycles. The summed E-state index contributed by atoms with van der Waals surface area (Å²) in [5, 5.41) is 14.5. The number of hydrogen-bond acceptors (Lipinski definition) is 5. The zero-order chi connectivity index (χ0) is 29.7. The number of benzene rings is 2. The molecule has 0 aromatic heterocycles. The van der Waals surface area contributed by atoms with Crippen molar-refractivity contribution in [1.29, 1.82) is 0 Å². The number of carbonyl (C=O) groups is 2. The molecular formula is C33H43ClFN3O4. The third-order valence-corrected chi connectivity index (χ3v) is 9.78. The summed E-state index contributed by atoms with van der Waals surface area (Å²) < 4.78 is 19.8. The lowest BCUT2D eigenvalue weighted by molar-refractivity contribution is -0.166. The number of nitrogens with zero attached hydrogens (tertiary/aromatic N) is 2. The molecule has 2 heterocycles. The van der Waals surface area contributed by atoms with Crippen LogP contribution in [-0.4, -0.2) is 64.0 Å². The summed E-state index contributed by atoms with van der Waals surface area (Å²) in [5.41, 5.74) is 0.570. The topological polar surface area (TPSA) is 82.1 Å². The number of likely N-dealkylation sites (tertiary alicyclic amines) is 1. The average molecular weight is 600 g/mol. The number of aliphatic hydroxyl groups is 1. The number of aliphatic hydroxyl groups excluding tert-OH is 1. The van der Waals surface area contributed by atoms with Crippen molar-refractivity contribution in [3.05, 3.63) is 64.4 Å². The SMILES string of the molecule is CCCCN1C(=O)[C@@H]([C@H](O)C2CCCCC2)NC(=O)C12CCN(Cc1ccc(OCc3c(F)cccc3Cl)cc1)CC2. The summed E-state index contributed by atoms with van der Waals surface area (Å²) >= 11 is 6.10. The molecule has 3 aliphatic rings. The molecule has 2 saturated heterocycles. The molecule has 0 radical (unpaired) electrons. The molecule has 5 rings (SSSR count). The molecule has 3 fully saturated rings. The van der Waals surface area contributed by atoms with E-state index < -0.39 is 17.7 Å². The number of piperazine rings is 1. The highest BCUT2D eigenvalue weighted by molar-refractivity contribution is 6.31. The van der Waals surface area contributed by atoms with Gasteiger partial charge in [0.15, 0.2) is 0 Å². The zero-order valence-corrected chi connectivity index (χ0v) is 25.3. The van der Waals surface area contributed by atoms with E-state index in [9.17, 15) is 19.1 Å². The third kappa shape index (κ3) is 6.61. The van der Waals surface area contributed by atoms with Crippen molar-refractivity contribution >= 4 is 23.4 Å². The van der Waals surface area contributed by atoms with E-state index in [1.54, 1.807) is 12.1 Å². The van der Waals surface area contributed by atoms with Crippen LogP contribution >= 0.6 is 11.6 Å². The van der Waals surface area contributed by atoms with Gasteiger partial charge >= 0.3 is 0 Å². The Morgan fingerprint density at radius 1 is 1.10 bits per heavy atom. The fourth-order valence-corrected chi connectivity index (χ4v) is 7.03. The summed E-state index contributed by atoms with van der Waals surface area (Å²) in [4.78, 5) is 31.7. The second-order valence-electron chi connectivity index (χ2n) is 12.1. The molecule has 1 spiro atoms. The monoisotopic (exact) mass is 599 g/mol. The minimum absolute atomic E-state index is 0.0485. The molecule has 2 aromatic rings. The van der Waals surface area contributed by atoms with Crippen LogP contribution in [0.2, 0.25) is 5.02 Å². The first kappa shape index (κ1) is 30.8. The largest absolute Gasteiger partial charge is 0.489 e. The highest BCUT2D eigenvalue weighted by atomic mass is 35.5. The van der Waals surface area contributed by atoms with Gasteiger partial charge in [0.05, 0.1) is 11.1 Å². The van der Waals surface area contributed by atoms with E-state index in [0.29, 0.717) is 55.4 Å². The lowest BCUT2D eigenvalue weighted by Crippen LogP contribution is -2.75. The predicted molar refractivity (Wildman–Crippen MR) is 161 cm³/mol. The van der Waals surface area contributed by atoms with Gasteiger partial charge in [-0.3, -0.25) is 14.5 Å². The van der Waals surface area contributed by atoms with Crippen molar-refractivity contribution in [2.75, 3.05) is 19.6 Å². The van der Waals surface area contributed by atoms with Crippen LogP contribution in [0.5, 0.6) is 5.75 Å². The van der Waals surface area contributed by atoms with Gasteiger partial charge in [0.1, 0.15) is 29.8 Å². The number of hydrogen-bond donors (Lipinski definition) is 2. The van der Waals surface area contributed by atoms with Crippen LogP contribution in [0, 0.1) is 11.7 Å². The van der Waals surface area contributed by atoms with E-state index in [0.717, 1.165) is 44.1 Å². The molecule has 2 aromatic carbocycles. The minimum atomic E-state index is -0.864. The first-order valence-corrected chi connectivity index (χ1v) is 15.9. The summed E-state index contributed by atoms with van der Waals surface area (Å²) in [7, 11) is 0. The second-order valence-corrected chi connectivity index (χ2v) is 12.5. The summed E-state index contributed by atoms with van der Waals surface area (Å²) in [6.07, 6.45) is 7.15. The van der Waals surface area contributed by atoms with Crippen molar-refractivity contribution in [2.45, 2.75) is 95.5 Å². The Morgan fingerprint density at radius 3 is 2.48 bits per heavy atom. The molecule has 0 unspecified atom stereocenters. The fourth-order valence-electron chi connectivity index (χ4n) is 6.81. The number of nitrogens with one attached hydrogen (secondary N) is 1. The smallest absolute Gasteiger partial charge is 0.248 e. The molecule has 228 valence electrons. The van der Waals surface area contributed by atoms with Gasteiger partial charge in [0.2, 0.25) is 11.8 Å². The predicted octanol–water partition coefficient (Wildman–Crippen LogP) is 5.46. The number of ether oxygens (including phenoxy) is 1. The molecule has 7 nitrogen and oxygen atoms in total. The molecule has 42 heavy (non-hydrogen) atoms. The van der Waals surface area contributed by atoms with Crippen molar-refractivity contribution in [1.82, 2.24) is 15.1 Å². The van der Waals surface area contributed by atoms with E-state index in [2.05, 4.69) is 17.1 Å². The Labute approximate surface area is 253 Å². The fraction of sp³-hybridized carbons (Fsp3) is 0.576. The van der Waals surface area contributed by atoms with Gasteiger partial charge in [-0.25, -0.2) is 4.39 Å². The Hall–Kier alpha value is -2.68. The molecule has 2 amide bonds. The Bertz CT molecular complexity index is 1210. The summed E-state index contributed by atoms with van der Waals surface area (Å²) in [6, 6.07) is 11.4. The second kappa shape index (κ2) is 13.7. The van der Waals surface area contributed by atoms with E-state index in [1.165, 1.54) is 12.5 Å². The van der Waals surface area contributed by atoms with Crippen molar-refractivity contribution in [2.24, 2.45) is 5.92 Å². The van der Waals surface area contributed by atoms with E-state index in [-0.39, 0.29) is 30.2 Å².